The van der Waals surface area contributed by atoms with E-state index in [1.807, 2.05) is 31.2 Å². The first-order chi connectivity index (χ1) is 7.77. The van der Waals surface area contributed by atoms with E-state index >= 15 is 0 Å². The molecule has 86 valence electrons. The van der Waals surface area contributed by atoms with Crippen LogP contribution in [0.15, 0.2) is 24.3 Å². The summed E-state index contributed by atoms with van der Waals surface area (Å²) in [6, 6.07) is 8.06. The molecule has 0 aliphatic heterocycles. The molecular weight excluding hydrogens is 220 g/mol. The number of rotatable bonds is 5. The van der Waals surface area contributed by atoms with Gasteiger partial charge in [0, 0.05) is 17.5 Å². The van der Waals surface area contributed by atoms with Crippen molar-refractivity contribution in [1.82, 2.24) is 5.43 Å². The molecule has 3 N–H and O–H groups in total. The Kier molecular flexibility index (Phi) is 5.95. The molecule has 1 atom stereocenters. The van der Waals surface area contributed by atoms with Crippen molar-refractivity contribution in [3.05, 3.63) is 34.9 Å². The average molecular weight is 237 g/mol. The molecule has 1 aromatic carbocycles. The fourth-order valence-corrected chi connectivity index (χ4v) is 1.76. The molecule has 2 nitrogen and oxygen atoms in total. The lowest BCUT2D eigenvalue weighted by atomic mass is 10.0. The van der Waals surface area contributed by atoms with Gasteiger partial charge in [-0.05, 0) is 31.4 Å². The van der Waals surface area contributed by atoms with E-state index in [1.165, 1.54) is 0 Å². The second-order valence-electron chi connectivity index (χ2n) is 3.62. The summed E-state index contributed by atoms with van der Waals surface area (Å²) in [6.07, 6.45) is 2.62. The molecule has 1 unspecified atom stereocenters. The zero-order valence-corrected chi connectivity index (χ0v) is 10.2. The first kappa shape index (κ1) is 13.1. The minimum absolute atomic E-state index is 0.223. The Morgan fingerprint density at radius 1 is 1.44 bits per heavy atom. The standard InChI is InChI=1S/C13H17ClN2/c1-2-3-4-8-12(16-15)10-11-7-5-6-9-13(11)14/h5-7,9,12,16H,4,8,10,15H2,1H3. The van der Waals surface area contributed by atoms with Gasteiger partial charge in [0.05, 0.1) is 0 Å². The van der Waals surface area contributed by atoms with E-state index in [0.717, 1.165) is 29.8 Å². The third-order valence-corrected chi connectivity index (χ3v) is 2.82. The van der Waals surface area contributed by atoms with E-state index in [2.05, 4.69) is 17.3 Å². The monoisotopic (exact) mass is 236 g/mol. The third kappa shape index (κ3) is 4.24. The quantitative estimate of drug-likeness (QED) is 0.468. The highest BCUT2D eigenvalue weighted by Crippen LogP contribution is 2.17. The maximum Gasteiger partial charge on any atom is 0.0438 e. The summed E-state index contributed by atoms with van der Waals surface area (Å²) in [5.41, 5.74) is 3.93. The lowest BCUT2D eigenvalue weighted by Crippen LogP contribution is -2.36. The van der Waals surface area contributed by atoms with Gasteiger partial charge in [-0.25, -0.2) is 0 Å². The third-order valence-electron chi connectivity index (χ3n) is 2.45. The minimum atomic E-state index is 0.223. The highest BCUT2D eigenvalue weighted by molar-refractivity contribution is 6.31. The van der Waals surface area contributed by atoms with Crippen molar-refractivity contribution in [2.45, 2.75) is 32.2 Å². The van der Waals surface area contributed by atoms with Crippen molar-refractivity contribution in [3.8, 4) is 11.8 Å². The molecule has 0 aromatic heterocycles. The Hall–Kier alpha value is -1.01. The lowest BCUT2D eigenvalue weighted by Gasteiger charge is -2.15. The Morgan fingerprint density at radius 3 is 2.81 bits per heavy atom. The number of hydrogen-bond acceptors (Lipinski definition) is 2. The van der Waals surface area contributed by atoms with E-state index < -0.39 is 0 Å². The summed E-state index contributed by atoms with van der Waals surface area (Å²) in [5, 5.41) is 0.796. The molecular formula is C13H17ClN2. The zero-order valence-electron chi connectivity index (χ0n) is 9.46. The second-order valence-corrected chi connectivity index (χ2v) is 4.03. The fraction of sp³-hybridized carbons (Fsp3) is 0.385. The maximum atomic E-state index is 6.09. The molecule has 16 heavy (non-hydrogen) atoms. The largest absolute Gasteiger partial charge is 0.271 e. The van der Waals surface area contributed by atoms with Gasteiger partial charge in [-0.1, -0.05) is 29.8 Å². The number of nitrogens with two attached hydrogens (primary N) is 1. The van der Waals surface area contributed by atoms with E-state index in [-0.39, 0.29) is 6.04 Å². The fourth-order valence-electron chi connectivity index (χ4n) is 1.55. The van der Waals surface area contributed by atoms with Crippen LogP contribution >= 0.6 is 11.6 Å². The summed E-state index contributed by atoms with van der Waals surface area (Å²) in [5.74, 6) is 11.4. The Balaban J connectivity index is 2.55. The van der Waals surface area contributed by atoms with Gasteiger partial charge in [0.2, 0.25) is 0 Å². The number of nitrogens with one attached hydrogen (secondary N) is 1. The van der Waals surface area contributed by atoms with E-state index in [1.54, 1.807) is 0 Å². The van der Waals surface area contributed by atoms with Crippen LogP contribution in [0.2, 0.25) is 5.02 Å². The van der Waals surface area contributed by atoms with Crippen molar-refractivity contribution in [1.29, 1.82) is 0 Å². The predicted molar refractivity (Wildman–Crippen MR) is 69.0 cm³/mol. The van der Waals surface area contributed by atoms with Crippen LogP contribution in [0.3, 0.4) is 0 Å². The molecule has 0 aliphatic carbocycles. The summed E-state index contributed by atoms with van der Waals surface area (Å²) in [6.45, 7) is 1.85. The maximum absolute atomic E-state index is 6.09. The Bertz CT molecular complexity index is 379. The number of benzene rings is 1. The van der Waals surface area contributed by atoms with Crippen LogP contribution < -0.4 is 11.3 Å². The summed E-state index contributed by atoms with van der Waals surface area (Å²) >= 11 is 6.09. The molecule has 3 heteroatoms. The minimum Gasteiger partial charge on any atom is -0.271 e. The van der Waals surface area contributed by atoms with Gasteiger partial charge in [0.1, 0.15) is 0 Å². The van der Waals surface area contributed by atoms with E-state index in [9.17, 15) is 0 Å². The molecule has 0 bridgehead atoms. The molecule has 0 spiro atoms. The van der Waals surface area contributed by atoms with Gasteiger partial charge in [-0.3, -0.25) is 11.3 Å². The zero-order chi connectivity index (χ0) is 11.8. The summed E-state index contributed by atoms with van der Waals surface area (Å²) in [4.78, 5) is 0. The first-order valence-corrected chi connectivity index (χ1v) is 5.75. The van der Waals surface area contributed by atoms with Gasteiger partial charge in [0.25, 0.3) is 0 Å². The van der Waals surface area contributed by atoms with Crippen LogP contribution in [-0.4, -0.2) is 6.04 Å². The molecule has 0 radical (unpaired) electrons. The van der Waals surface area contributed by atoms with Crippen LogP contribution in [0.25, 0.3) is 0 Å². The van der Waals surface area contributed by atoms with Crippen LogP contribution in [0.1, 0.15) is 25.3 Å². The topological polar surface area (TPSA) is 38.0 Å². The highest BCUT2D eigenvalue weighted by Gasteiger charge is 2.08. The van der Waals surface area contributed by atoms with Gasteiger partial charge < -0.3 is 0 Å². The van der Waals surface area contributed by atoms with Crippen molar-refractivity contribution in [2.24, 2.45) is 5.84 Å². The van der Waals surface area contributed by atoms with Gasteiger partial charge in [0.15, 0.2) is 0 Å². The van der Waals surface area contributed by atoms with Gasteiger partial charge in [-0.15, -0.1) is 11.8 Å². The summed E-state index contributed by atoms with van der Waals surface area (Å²) in [7, 11) is 0. The number of hydrazine groups is 1. The van der Waals surface area contributed by atoms with Crippen molar-refractivity contribution in [2.75, 3.05) is 0 Å². The van der Waals surface area contributed by atoms with Gasteiger partial charge >= 0.3 is 0 Å². The number of halogens is 1. The highest BCUT2D eigenvalue weighted by atomic mass is 35.5. The van der Waals surface area contributed by atoms with Crippen molar-refractivity contribution >= 4 is 11.6 Å². The molecule has 1 aromatic rings. The van der Waals surface area contributed by atoms with Crippen LogP contribution in [0.4, 0.5) is 0 Å². The second kappa shape index (κ2) is 7.29. The molecule has 0 amide bonds. The van der Waals surface area contributed by atoms with Crippen LogP contribution in [-0.2, 0) is 6.42 Å². The molecule has 0 saturated heterocycles. The molecule has 1 rings (SSSR count). The first-order valence-electron chi connectivity index (χ1n) is 5.37. The molecule has 0 aliphatic rings. The smallest absolute Gasteiger partial charge is 0.0438 e. The number of hydrogen-bond donors (Lipinski definition) is 2. The average Bonchev–Trinajstić information content (AvgIpc) is 2.30. The van der Waals surface area contributed by atoms with Crippen molar-refractivity contribution in [3.63, 3.8) is 0 Å². The van der Waals surface area contributed by atoms with Crippen molar-refractivity contribution < 1.29 is 0 Å². The predicted octanol–water partition coefficient (Wildman–Crippen LogP) is 2.52. The summed E-state index contributed by atoms with van der Waals surface area (Å²) < 4.78 is 0. The van der Waals surface area contributed by atoms with E-state index in [0.29, 0.717) is 0 Å². The molecule has 0 fully saturated rings. The van der Waals surface area contributed by atoms with E-state index in [4.69, 9.17) is 17.4 Å². The SMILES string of the molecule is CC#CCCC(Cc1ccccc1Cl)NN. The molecule has 0 heterocycles. The normalized spacial score (nSPS) is 11.7. The van der Waals surface area contributed by atoms with Crippen LogP contribution in [0, 0.1) is 11.8 Å². The Labute approximate surface area is 102 Å². The Morgan fingerprint density at radius 2 is 2.19 bits per heavy atom. The van der Waals surface area contributed by atoms with Crippen LogP contribution in [0.5, 0.6) is 0 Å². The van der Waals surface area contributed by atoms with Gasteiger partial charge in [-0.2, -0.15) is 0 Å². The molecule has 0 saturated carbocycles. The lowest BCUT2D eigenvalue weighted by molar-refractivity contribution is 0.498.